The Bertz CT molecular complexity index is 406. The van der Waals surface area contributed by atoms with Crippen LogP contribution in [-0.2, 0) is 0 Å². The van der Waals surface area contributed by atoms with Crippen molar-refractivity contribution in [3.8, 4) is 6.07 Å². The van der Waals surface area contributed by atoms with Gasteiger partial charge < -0.3 is 4.90 Å². The normalized spacial score (nSPS) is 20.7. The summed E-state index contributed by atoms with van der Waals surface area (Å²) in [5.74, 6) is 0.888. The first-order valence-corrected chi connectivity index (χ1v) is 6.58. The molecule has 1 unspecified atom stereocenters. The number of hydrogen-bond acceptors (Lipinski definition) is 2. The van der Waals surface area contributed by atoms with E-state index < -0.39 is 0 Å². The summed E-state index contributed by atoms with van der Waals surface area (Å²) >= 11 is 0. The summed E-state index contributed by atoms with van der Waals surface area (Å²) in [5.41, 5.74) is 1.97. The van der Waals surface area contributed by atoms with E-state index in [4.69, 9.17) is 5.26 Å². The first-order valence-electron chi connectivity index (χ1n) is 6.58. The van der Waals surface area contributed by atoms with Crippen molar-refractivity contribution >= 4 is 5.69 Å². The van der Waals surface area contributed by atoms with Crippen molar-refractivity contribution in [3.63, 3.8) is 0 Å². The summed E-state index contributed by atoms with van der Waals surface area (Å²) < 4.78 is 0. The molecule has 2 nitrogen and oxygen atoms in total. The molecule has 1 aliphatic rings. The summed E-state index contributed by atoms with van der Waals surface area (Å²) in [5, 5.41) is 8.93. The summed E-state index contributed by atoms with van der Waals surface area (Å²) in [7, 11) is 0. The molecule has 0 saturated carbocycles. The molecule has 1 atom stereocenters. The molecule has 0 amide bonds. The van der Waals surface area contributed by atoms with Gasteiger partial charge in [-0.1, -0.05) is 19.4 Å². The summed E-state index contributed by atoms with van der Waals surface area (Å²) in [4.78, 5) is 2.43. The van der Waals surface area contributed by atoms with Crippen molar-refractivity contribution in [3.05, 3.63) is 29.8 Å². The Morgan fingerprint density at radius 3 is 3.00 bits per heavy atom. The molecule has 0 bridgehead atoms. The van der Waals surface area contributed by atoms with E-state index in [1.54, 1.807) is 0 Å². The molecular weight excluding hydrogens is 208 g/mol. The van der Waals surface area contributed by atoms with Gasteiger partial charge in [0.2, 0.25) is 0 Å². The number of benzene rings is 1. The fraction of sp³-hybridized carbons (Fsp3) is 0.533. The van der Waals surface area contributed by atoms with E-state index in [1.165, 1.54) is 31.4 Å². The van der Waals surface area contributed by atoms with E-state index in [1.807, 2.05) is 18.2 Å². The molecule has 1 aliphatic heterocycles. The number of hydrogen-bond donors (Lipinski definition) is 0. The Morgan fingerprint density at radius 2 is 2.24 bits per heavy atom. The van der Waals surface area contributed by atoms with Crippen molar-refractivity contribution in [2.45, 2.75) is 32.6 Å². The van der Waals surface area contributed by atoms with E-state index >= 15 is 0 Å². The Balaban J connectivity index is 2.09. The quantitative estimate of drug-likeness (QED) is 0.773. The van der Waals surface area contributed by atoms with Crippen LogP contribution in [0.25, 0.3) is 0 Å². The van der Waals surface area contributed by atoms with Gasteiger partial charge in [-0.25, -0.2) is 0 Å². The van der Waals surface area contributed by atoms with Crippen molar-refractivity contribution in [1.29, 1.82) is 5.26 Å². The average molecular weight is 228 g/mol. The van der Waals surface area contributed by atoms with Crippen LogP contribution in [0.4, 0.5) is 5.69 Å². The third kappa shape index (κ3) is 3.00. The molecule has 0 radical (unpaired) electrons. The van der Waals surface area contributed by atoms with E-state index in [2.05, 4.69) is 24.0 Å². The molecule has 2 rings (SSSR count). The van der Waals surface area contributed by atoms with Crippen LogP contribution in [0.5, 0.6) is 0 Å². The Morgan fingerprint density at radius 1 is 1.35 bits per heavy atom. The third-order valence-corrected chi connectivity index (χ3v) is 3.77. The van der Waals surface area contributed by atoms with Gasteiger partial charge in [-0.3, -0.25) is 0 Å². The van der Waals surface area contributed by atoms with Gasteiger partial charge >= 0.3 is 0 Å². The van der Waals surface area contributed by atoms with Crippen LogP contribution in [0.3, 0.4) is 0 Å². The van der Waals surface area contributed by atoms with E-state index in [0.29, 0.717) is 0 Å². The maximum absolute atomic E-state index is 8.93. The van der Waals surface area contributed by atoms with Crippen molar-refractivity contribution < 1.29 is 0 Å². The monoisotopic (exact) mass is 228 g/mol. The van der Waals surface area contributed by atoms with Gasteiger partial charge in [0.25, 0.3) is 0 Å². The summed E-state index contributed by atoms with van der Waals surface area (Å²) in [6.07, 6.45) is 5.21. The highest BCUT2D eigenvalue weighted by atomic mass is 15.1. The molecular formula is C15H20N2. The molecule has 1 fully saturated rings. The SMILES string of the molecule is CCC1CCCN(c2cccc(C#N)c2)CC1. The zero-order valence-electron chi connectivity index (χ0n) is 10.5. The van der Waals surface area contributed by atoms with Gasteiger partial charge in [-0.15, -0.1) is 0 Å². The number of nitrogens with zero attached hydrogens (tertiary/aromatic N) is 2. The van der Waals surface area contributed by atoms with Crippen molar-refractivity contribution in [2.24, 2.45) is 5.92 Å². The van der Waals surface area contributed by atoms with Crippen LogP contribution in [0, 0.1) is 17.2 Å². The fourth-order valence-corrected chi connectivity index (χ4v) is 2.60. The Labute approximate surface area is 104 Å². The zero-order chi connectivity index (χ0) is 12.1. The highest BCUT2D eigenvalue weighted by Gasteiger charge is 2.15. The van der Waals surface area contributed by atoms with Gasteiger partial charge in [-0.05, 0) is 43.4 Å². The molecule has 1 aromatic carbocycles. The molecule has 0 N–H and O–H groups in total. The smallest absolute Gasteiger partial charge is 0.0992 e. The minimum absolute atomic E-state index is 0.763. The van der Waals surface area contributed by atoms with E-state index in [9.17, 15) is 0 Å². The van der Waals surface area contributed by atoms with Crippen molar-refractivity contribution in [1.82, 2.24) is 0 Å². The summed E-state index contributed by atoms with van der Waals surface area (Å²) in [6, 6.07) is 10.2. The lowest BCUT2D eigenvalue weighted by Crippen LogP contribution is -2.24. The Hall–Kier alpha value is -1.49. The number of rotatable bonds is 2. The molecule has 2 heteroatoms. The molecule has 17 heavy (non-hydrogen) atoms. The predicted octanol–water partition coefficient (Wildman–Crippen LogP) is 3.57. The second kappa shape index (κ2) is 5.72. The van der Waals surface area contributed by atoms with Gasteiger partial charge in [0.15, 0.2) is 0 Å². The molecule has 0 aliphatic carbocycles. The topological polar surface area (TPSA) is 27.0 Å². The van der Waals surface area contributed by atoms with Gasteiger partial charge in [0.1, 0.15) is 0 Å². The first-order chi connectivity index (χ1) is 8.33. The van der Waals surface area contributed by atoms with Crippen LogP contribution in [0.15, 0.2) is 24.3 Å². The van der Waals surface area contributed by atoms with E-state index in [0.717, 1.165) is 24.6 Å². The predicted molar refractivity (Wildman–Crippen MR) is 71.0 cm³/mol. The highest BCUT2D eigenvalue weighted by molar-refractivity contribution is 5.51. The second-order valence-corrected chi connectivity index (χ2v) is 4.85. The van der Waals surface area contributed by atoms with Crippen LogP contribution >= 0.6 is 0 Å². The molecule has 0 spiro atoms. The van der Waals surface area contributed by atoms with E-state index in [-0.39, 0.29) is 0 Å². The van der Waals surface area contributed by atoms with Crippen LogP contribution < -0.4 is 4.90 Å². The lowest BCUT2D eigenvalue weighted by atomic mass is 9.98. The minimum atomic E-state index is 0.763. The lowest BCUT2D eigenvalue weighted by Gasteiger charge is -2.23. The maximum atomic E-state index is 8.93. The standard InChI is InChI=1S/C15H20N2/c1-2-13-6-4-9-17(10-8-13)15-7-3-5-14(11-15)12-16/h3,5,7,11,13H,2,4,6,8-10H2,1H3. The fourth-order valence-electron chi connectivity index (χ4n) is 2.60. The molecule has 90 valence electrons. The maximum Gasteiger partial charge on any atom is 0.0992 e. The van der Waals surface area contributed by atoms with Crippen LogP contribution in [-0.4, -0.2) is 13.1 Å². The molecule has 1 aromatic rings. The minimum Gasteiger partial charge on any atom is -0.371 e. The lowest BCUT2D eigenvalue weighted by molar-refractivity contribution is 0.459. The highest BCUT2D eigenvalue weighted by Crippen LogP contribution is 2.24. The van der Waals surface area contributed by atoms with Gasteiger partial charge in [0.05, 0.1) is 11.6 Å². The first kappa shape index (κ1) is 12.0. The van der Waals surface area contributed by atoms with Crippen LogP contribution in [0.1, 0.15) is 38.2 Å². The number of anilines is 1. The van der Waals surface area contributed by atoms with Gasteiger partial charge in [0, 0.05) is 18.8 Å². The molecule has 0 aromatic heterocycles. The molecule has 1 heterocycles. The third-order valence-electron chi connectivity index (χ3n) is 3.77. The molecule has 1 saturated heterocycles. The summed E-state index contributed by atoms with van der Waals surface area (Å²) in [6.45, 7) is 4.55. The largest absolute Gasteiger partial charge is 0.371 e. The van der Waals surface area contributed by atoms with Gasteiger partial charge in [-0.2, -0.15) is 5.26 Å². The van der Waals surface area contributed by atoms with Crippen LogP contribution in [0.2, 0.25) is 0 Å². The average Bonchev–Trinajstić information content (AvgIpc) is 2.64. The Kier molecular flexibility index (Phi) is 4.03. The van der Waals surface area contributed by atoms with Crippen molar-refractivity contribution in [2.75, 3.05) is 18.0 Å². The number of nitriles is 1. The zero-order valence-corrected chi connectivity index (χ0v) is 10.5. The second-order valence-electron chi connectivity index (χ2n) is 4.85.